The van der Waals surface area contributed by atoms with Crippen LogP contribution in [0.3, 0.4) is 0 Å². The third-order valence-electron chi connectivity index (χ3n) is 6.46. The third-order valence-corrected chi connectivity index (χ3v) is 9.16. The van der Waals surface area contributed by atoms with E-state index in [-0.39, 0.29) is 28.1 Å². The van der Waals surface area contributed by atoms with E-state index in [1.807, 2.05) is 5.48 Å². The zero-order valence-electron chi connectivity index (χ0n) is 20.9. The molecule has 2 aromatic carbocycles. The fourth-order valence-corrected chi connectivity index (χ4v) is 6.75. The van der Waals surface area contributed by atoms with Crippen molar-refractivity contribution in [3.63, 3.8) is 0 Å². The van der Waals surface area contributed by atoms with Gasteiger partial charge in [-0.25, -0.2) is 0 Å². The van der Waals surface area contributed by atoms with Crippen molar-refractivity contribution in [1.82, 2.24) is 4.98 Å². The van der Waals surface area contributed by atoms with Crippen LogP contribution in [0.5, 0.6) is 11.5 Å². The van der Waals surface area contributed by atoms with E-state index in [4.69, 9.17) is 31.0 Å². The van der Waals surface area contributed by atoms with E-state index >= 15 is 0 Å². The first-order valence-electron chi connectivity index (χ1n) is 12.3. The summed E-state index contributed by atoms with van der Waals surface area (Å²) in [6.07, 6.45) is 4.26. The van der Waals surface area contributed by atoms with Crippen molar-refractivity contribution in [2.75, 3.05) is 16.7 Å². The van der Waals surface area contributed by atoms with Gasteiger partial charge in [0, 0.05) is 0 Å². The molecule has 0 radical (unpaired) electrons. The van der Waals surface area contributed by atoms with Gasteiger partial charge in [-0.15, -0.1) is 0 Å². The van der Waals surface area contributed by atoms with Crippen molar-refractivity contribution < 1.29 is 64.0 Å². The molecule has 1 fully saturated rings. The molecule has 1 unspecified atom stereocenters. The number of carbonyl (C=O) groups excluding carboxylic acids is 1. The molecular formula is C27H25ClF2IN2O7-. The summed E-state index contributed by atoms with van der Waals surface area (Å²) >= 11 is 5.59. The third kappa shape index (κ3) is 6.57. The monoisotopic (exact) mass is 689 g/mol. The van der Waals surface area contributed by atoms with Crippen molar-refractivity contribution in [2.45, 2.75) is 37.8 Å². The topological polar surface area (TPSA) is 119 Å². The van der Waals surface area contributed by atoms with E-state index in [0.29, 0.717) is 34.4 Å². The summed E-state index contributed by atoms with van der Waals surface area (Å²) in [7, 11) is 0. The standard InChI is InChI=1S/C27H25ClF2IN2O7/c28-20-11-32-12-21-19(20)10-23(16-3-8-22(40-26(29)30)24(9-16)37-13-15-1-2-15)39-25(34)27(35,38-14-31-21)17-4-6-18(33-36)7-5-17/h3-9,11-12,15,23,26,33,35-36H,1-2,10,13-14H2/q-1/t23-,27?/m0/s1. The molecule has 0 saturated heterocycles. The Morgan fingerprint density at radius 3 is 2.65 bits per heavy atom. The number of nitrogens with zero attached hydrogens (tertiary/aromatic N) is 1. The van der Waals surface area contributed by atoms with Gasteiger partial charge in [0.15, 0.2) is 0 Å². The van der Waals surface area contributed by atoms with Gasteiger partial charge in [0.25, 0.3) is 0 Å². The number of aliphatic hydroxyl groups is 1. The zero-order chi connectivity index (χ0) is 28.3. The molecule has 5 rings (SSSR count). The van der Waals surface area contributed by atoms with Crippen LogP contribution in [-0.4, -0.2) is 39.1 Å². The summed E-state index contributed by atoms with van der Waals surface area (Å²) in [6.45, 7) is -2.72. The summed E-state index contributed by atoms with van der Waals surface area (Å²) < 4.78 is 49.1. The van der Waals surface area contributed by atoms with Gasteiger partial charge in [0.1, 0.15) is 0 Å². The molecule has 3 aromatic rings. The first-order chi connectivity index (χ1) is 19.3. The molecule has 1 aliphatic heterocycles. The predicted molar refractivity (Wildman–Crippen MR) is 133 cm³/mol. The number of alkyl halides is 3. The average molecular weight is 690 g/mol. The summed E-state index contributed by atoms with van der Waals surface area (Å²) in [6, 6.07) is 10.1. The maximum absolute atomic E-state index is 13.6. The van der Waals surface area contributed by atoms with Crippen LogP contribution in [0.4, 0.5) is 14.5 Å². The van der Waals surface area contributed by atoms with E-state index in [9.17, 15) is 18.7 Å². The number of hydrogen-bond acceptors (Lipinski definition) is 9. The summed E-state index contributed by atoms with van der Waals surface area (Å²) in [5.41, 5.74) is 3.55. The van der Waals surface area contributed by atoms with Crippen LogP contribution in [0.15, 0.2) is 54.9 Å². The van der Waals surface area contributed by atoms with Gasteiger partial charge in [0.2, 0.25) is 0 Å². The first kappa shape index (κ1) is 28.7. The van der Waals surface area contributed by atoms with Gasteiger partial charge in [0.05, 0.1) is 0 Å². The van der Waals surface area contributed by atoms with Crippen LogP contribution in [0.2, 0.25) is 5.02 Å². The van der Waals surface area contributed by atoms with Gasteiger partial charge in [-0.05, 0) is 0 Å². The molecule has 1 saturated carbocycles. The SMILES string of the molecule is O=C1O[C@H](c2ccc(OC(F)F)c(OCC3CC3)c2)Cc2c(Cl)cncc2[I-]COC1(O)c1ccc(NO)cc1. The Morgan fingerprint density at radius 2 is 1.95 bits per heavy atom. The molecule has 13 heteroatoms. The Morgan fingerprint density at radius 1 is 1.18 bits per heavy atom. The minimum atomic E-state index is -3.05. The molecule has 0 amide bonds. The van der Waals surface area contributed by atoms with E-state index in [2.05, 4.69) is 9.72 Å². The van der Waals surface area contributed by atoms with Crippen molar-refractivity contribution in [1.29, 1.82) is 0 Å². The van der Waals surface area contributed by atoms with Crippen molar-refractivity contribution >= 4 is 23.3 Å². The number of carbonyl (C=O) groups is 1. The Balaban J connectivity index is 1.54. The van der Waals surface area contributed by atoms with E-state index in [1.165, 1.54) is 48.7 Å². The van der Waals surface area contributed by atoms with Crippen molar-refractivity contribution in [3.8, 4) is 11.5 Å². The molecule has 2 aliphatic rings. The van der Waals surface area contributed by atoms with Gasteiger partial charge in [-0.3, -0.25) is 0 Å². The number of esters is 1. The van der Waals surface area contributed by atoms with Crippen LogP contribution in [0.1, 0.15) is 35.6 Å². The molecule has 214 valence electrons. The van der Waals surface area contributed by atoms with E-state index in [0.717, 1.165) is 16.4 Å². The van der Waals surface area contributed by atoms with Gasteiger partial charge in [-0.2, -0.15) is 0 Å². The number of hydrogen-bond donors (Lipinski definition) is 3. The molecule has 40 heavy (non-hydrogen) atoms. The molecule has 3 N–H and O–H groups in total. The molecule has 0 bridgehead atoms. The number of rotatable bonds is 8. The number of anilines is 1. The second-order valence-electron chi connectivity index (χ2n) is 9.24. The number of aromatic nitrogens is 1. The summed E-state index contributed by atoms with van der Waals surface area (Å²) in [4.78, 5) is 17.7. The number of fused-ring (bicyclic) bond motifs is 1. The molecule has 0 spiro atoms. The second-order valence-corrected chi connectivity index (χ2v) is 12.2. The van der Waals surface area contributed by atoms with Gasteiger partial charge < -0.3 is 0 Å². The number of ether oxygens (including phenoxy) is 4. The molecule has 2 atom stereocenters. The number of pyridine rings is 1. The molecule has 1 aliphatic carbocycles. The van der Waals surface area contributed by atoms with Gasteiger partial charge in [-0.1, -0.05) is 0 Å². The Labute approximate surface area is 243 Å². The van der Waals surface area contributed by atoms with Crippen molar-refractivity contribution in [2.24, 2.45) is 5.92 Å². The van der Waals surface area contributed by atoms with E-state index in [1.54, 1.807) is 6.20 Å². The van der Waals surface area contributed by atoms with Crippen LogP contribution in [0.25, 0.3) is 0 Å². The molecule has 1 aromatic heterocycles. The Hall–Kier alpha value is -2.78. The molecular weight excluding hydrogens is 665 g/mol. The van der Waals surface area contributed by atoms with Crippen LogP contribution < -0.4 is 36.2 Å². The normalized spacial score (nSPS) is 21.6. The number of nitrogens with one attached hydrogen (secondary N) is 1. The Kier molecular flexibility index (Phi) is 8.90. The second kappa shape index (κ2) is 12.4. The fourth-order valence-electron chi connectivity index (χ4n) is 4.09. The predicted octanol–water partition coefficient (Wildman–Crippen LogP) is 1.84. The minimum absolute atomic E-state index is 0.0446. The number of cyclic esters (lactones) is 1. The quantitative estimate of drug-likeness (QED) is 0.141. The zero-order valence-corrected chi connectivity index (χ0v) is 23.8. The fraction of sp³-hybridized carbons (Fsp3) is 0.333. The number of benzene rings is 2. The average Bonchev–Trinajstić information content (AvgIpc) is 3.77. The number of halogens is 4. The summed E-state index contributed by atoms with van der Waals surface area (Å²) in [5.74, 6) is -3.25. The maximum atomic E-state index is 13.6. The molecule has 9 nitrogen and oxygen atoms in total. The van der Waals surface area contributed by atoms with Crippen LogP contribution >= 0.6 is 11.6 Å². The van der Waals surface area contributed by atoms with Crippen molar-refractivity contribution in [3.05, 3.63) is 80.1 Å². The Bertz CT molecular complexity index is 1360. The van der Waals surface area contributed by atoms with E-state index < -0.39 is 45.7 Å². The van der Waals surface area contributed by atoms with Crippen LogP contribution in [-0.2, 0) is 26.5 Å². The summed E-state index contributed by atoms with van der Waals surface area (Å²) in [5, 5.41) is 21.0. The first-order valence-corrected chi connectivity index (χ1v) is 15.3. The van der Waals surface area contributed by atoms with Gasteiger partial charge >= 0.3 is 244 Å². The molecule has 2 heterocycles. The van der Waals surface area contributed by atoms with Crippen LogP contribution in [0, 0.1) is 9.49 Å².